The molecule has 6 nitrogen and oxygen atoms in total. The fourth-order valence-corrected chi connectivity index (χ4v) is 2.23. The van der Waals surface area contributed by atoms with Crippen molar-refractivity contribution in [1.29, 1.82) is 0 Å². The average molecular weight is 330 g/mol. The Morgan fingerprint density at radius 2 is 2.00 bits per heavy atom. The molecule has 0 saturated carbocycles. The second-order valence-electron chi connectivity index (χ2n) is 6.30. The Kier molecular flexibility index (Phi) is 6.78. The molecule has 2 aromatic rings. The van der Waals surface area contributed by atoms with Crippen LogP contribution >= 0.6 is 0 Å². The van der Waals surface area contributed by atoms with E-state index in [1.165, 1.54) is 6.33 Å². The number of hydrogen-bond donors (Lipinski definition) is 1. The van der Waals surface area contributed by atoms with Gasteiger partial charge in [0.25, 0.3) is 0 Å². The second-order valence-corrected chi connectivity index (χ2v) is 6.30. The van der Waals surface area contributed by atoms with E-state index in [2.05, 4.69) is 29.2 Å². The minimum atomic E-state index is -0.0436. The molecule has 1 N–H and O–H groups in total. The molecule has 1 heterocycles. The van der Waals surface area contributed by atoms with Crippen molar-refractivity contribution < 1.29 is 9.53 Å². The topological polar surface area (TPSA) is 69.0 Å². The van der Waals surface area contributed by atoms with E-state index in [1.54, 1.807) is 11.0 Å². The van der Waals surface area contributed by atoms with Crippen LogP contribution in [-0.4, -0.2) is 27.3 Å². The highest BCUT2D eigenvalue weighted by atomic mass is 16.5. The summed E-state index contributed by atoms with van der Waals surface area (Å²) < 4.78 is 7.36. The summed E-state index contributed by atoms with van der Waals surface area (Å²) >= 11 is 0. The van der Waals surface area contributed by atoms with Gasteiger partial charge in [0, 0.05) is 6.42 Å². The van der Waals surface area contributed by atoms with Crippen LogP contribution in [0.1, 0.15) is 45.2 Å². The number of ether oxygens (including phenoxy) is 1. The van der Waals surface area contributed by atoms with Gasteiger partial charge in [-0.05, 0) is 37.0 Å². The lowest BCUT2D eigenvalue weighted by atomic mass is 10.1. The minimum Gasteiger partial charge on any atom is -0.494 e. The standard InChI is InChI=1S/C18H26N4O2/c1-14(2)9-11-24-17-6-4-16(5-7-17)15(3)21-18(23)8-10-22-13-19-12-20-22/h4-7,12-15H,8-11H2,1-3H3,(H,21,23)/t15-/m0/s1. The molecule has 6 heteroatoms. The predicted molar refractivity (Wildman–Crippen MR) is 92.6 cm³/mol. The Morgan fingerprint density at radius 3 is 2.62 bits per heavy atom. The molecular formula is C18H26N4O2. The summed E-state index contributed by atoms with van der Waals surface area (Å²) in [6.45, 7) is 7.59. The molecule has 24 heavy (non-hydrogen) atoms. The van der Waals surface area contributed by atoms with Gasteiger partial charge in [0.1, 0.15) is 18.4 Å². The highest BCUT2D eigenvalue weighted by Crippen LogP contribution is 2.18. The molecule has 1 atom stereocenters. The monoisotopic (exact) mass is 330 g/mol. The van der Waals surface area contributed by atoms with Crippen molar-refractivity contribution in [3.8, 4) is 5.75 Å². The van der Waals surface area contributed by atoms with E-state index in [9.17, 15) is 4.79 Å². The minimum absolute atomic E-state index is 0.00439. The molecule has 0 bridgehead atoms. The first-order valence-corrected chi connectivity index (χ1v) is 8.39. The molecule has 2 rings (SSSR count). The third kappa shape index (κ3) is 6.02. The third-order valence-corrected chi connectivity index (χ3v) is 3.76. The van der Waals surface area contributed by atoms with Gasteiger partial charge >= 0.3 is 0 Å². The van der Waals surface area contributed by atoms with E-state index in [-0.39, 0.29) is 11.9 Å². The number of hydrogen-bond acceptors (Lipinski definition) is 4. The Bertz CT molecular complexity index is 608. The molecular weight excluding hydrogens is 304 g/mol. The smallest absolute Gasteiger partial charge is 0.222 e. The van der Waals surface area contributed by atoms with Crippen LogP contribution in [0.25, 0.3) is 0 Å². The number of benzene rings is 1. The average Bonchev–Trinajstić information content (AvgIpc) is 3.06. The van der Waals surface area contributed by atoms with Crippen LogP contribution in [-0.2, 0) is 11.3 Å². The van der Waals surface area contributed by atoms with Crippen LogP contribution in [0.4, 0.5) is 0 Å². The zero-order valence-corrected chi connectivity index (χ0v) is 14.6. The van der Waals surface area contributed by atoms with Crippen molar-refractivity contribution in [2.75, 3.05) is 6.61 Å². The van der Waals surface area contributed by atoms with Crippen LogP contribution < -0.4 is 10.1 Å². The third-order valence-electron chi connectivity index (χ3n) is 3.76. The van der Waals surface area contributed by atoms with E-state index in [4.69, 9.17) is 4.74 Å². The molecule has 0 spiro atoms. The molecule has 0 aliphatic heterocycles. The van der Waals surface area contributed by atoms with Crippen molar-refractivity contribution in [1.82, 2.24) is 20.1 Å². The molecule has 0 saturated heterocycles. The van der Waals surface area contributed by atoms with Crippen LogP contribution in [0.15, 0.2) is 36.9 Å². The fraction of sp³-hybridized carbons (Fsp3) is 0.500. The Balaban J connectivity index is 1.76. The van der Waals surface area contributed by atoms with Gasteiger partial charge < -0.3 is 10.1 Å². The summed E-state index contributed by atoms with van der Waals surface area (Å²) in [5.41, 5.74) is 1.06. The maximum absolute atomic E-state index is 12.0. The predicted octanol–water partition coefficient (Wildman–Crippen LogP) is 2.97. The molecule has 130 valence electrons. The SMILES string of the molecule is CC(C)CCOc1ccc([C@H](C)NC(=O)CCn2cncn2)cc1. The summed E-state index contributed by atoms with van der Waals surface area (Å²) in [5, 5.41) is 6.98. The van der Waals surface area contributed by atoms with Gasteiger partial charge in [-0.25, -0.2) is 4.98 Å². The number of nitrogens with zero attached hydrogens (tertiary/aromatic N) is 3. The fourth-order valence-electron chi connectivity index (χ4n) is 2.23. The molecule has 1 aromatic carbocycles. The first-order chi connectivity index (χ1) is 11.5. The van der Waals surface area contributed by atoms with E-state index in [0.717, 1.165) is 24.3 Å². The number of aromatic nitrogens is 3. The number of amides is 1. The molecule has 0 aliphatic carbocycles. The Morgan fingerprint density at radius 1 is 1.25 bits per heavy atom. The van der Waals surface area contributed by atoms with Crippen molar-refractivity contribution >= 4 is 5.91 Å². The molecule has 0 fully saturated rings. The van der Waals surface area contributed by atoms with Crippen molar-refractivity contribution in [3.63, 3.8) is 0 Å². The molecule has 0 unspecified atom stereocenters. The lowest BCUT2D eigenvalue weighted by Crippen LogP contribution is -2.27. The Labute approximate surface area is 143 Å². The van der Waals surface area contributed by atoms with Gasteiger partial charge in [0.2, 0.25) is 5.91 Å². The lowest BCUT2D eigenvalue weighted by Gasteiger charge is -2.15. The van der Waals surface area contributed by atoms with Crippen LogP contribution in [0.3, 0.4) is 0 Å². The number of nitrogens with one attached hydrogen (secondary N) is 1. The number of rotatable bonds is 9. The Hall–Kier alpha value is -2.37. The van der Waals surface area contributed by atoms with Crippen LogP contribution in [0, 0.1) is 5.92 Å². The van der Waals surface area contributed by atoms with Gasteiger partial charge in [-0.15, -0.1) is 0 Å². The summed E-state index contributed by atoms with van der Waals surface area (Å²) in [5.74, 6) is 1.50. The molecule has 0 radical (unpaired) electrons. The zero-order chi connectivity index (χ0) is 17.4. The van der Waals surface area contributed by atoms with Gasteiger partial charge in [-0.3, -0.25) is 9.48 Å². The van der Waals surface area contributed by atoms with E-state index in [0.29, 0.717) is 18.9 Å². The highest BCUT2D eigenvalue weighted by Gasteiger charge is 2.10. The molecule has 1 amide bonds. The van der Waals surface area contributed by atoms with Crippen molar-refractivity contribution in [3.05, 3.63) is 42.5 Å². The first-order valence-electron chi connectivity index (χ1n) is 8.39. The normalized spacial score (nSPS) is 12.2. The second kappa shape index (κ2) is 9.05. The highest BCUT2D eigenvalue weighted by molar-refractivity contribution is 5.76. The lowest BCUT2D eigenvalue weighted by molar-refractivity contribution is -0.122. The largest absolute Gasteiger partial charge is 0.494 e. The molecule has 0 aliphatic rings. The van der Waals surface area contributed by atoms with Crippen LogP contribution in [0.5, 0.6) is 5.75 Å². The maximum Gasteiger partial charge on any atom is 0.222 e. The quantitative estimate of drug-likeness (QED) is 0.767. The summed E-state index contributed by atoms with van der Waals surface area (Å²) in [6, 6.07) is 7.85. The summed E-state index contributed by atoms with van der Waals surface area (Å²) in [6.07, 6.45) is 4.49. The van der Waals surface area contributed by atoms with Gasteiger partial charge in [0.15, 0.2) is 0 Å². The number of carbonyl (C=O) groups is 1. The van der Waals surface area contributed by atoms with Gasteiger partial charge in [-0.1, -0.05) is 26.0 Å². The van der Waals surface area contributed by atoms with E-state index >= 15 is 0 Å². The van der Waals surface area contributed by atoms with Gasteiger partial charge in [-0.2, -0.15) is 5.10 Å². The first kappa shape index (κ1) is 18.0. The van der Waals surface area contributed by atoms with E-state index in [1.807, 2.05) is 31.2 Å². The van der Waals surface area contributed by atoms with Crippen molar-refractivity contribution in [2.45, 2.75) is 46.2 Å². The number of aryl methyl sites for hydroxylation is 1. The maximum atomic E-state index is 12.0. The van der Waals surface area contributed by atoms with Gasteiger partial charge in [0.05, 0.1) is 19.2 Å². The zero-order valence-electron chi connectivity index (χ0n) is 14.6. The number of carbonyl (C=O) groups excluding carboxylic acids is 1. The van der Waals surface area contributed by atoms with E-state index < -0.39 is 0 Å². The van der Waals surface area contributed by atoms with Crippen molar-refractivity contribution in [2.24, 2.45) is 5.92 Å². The molecule has 1 aromatic heterocycles. The summed E-state index contributed by atoms with van der Waals surface area (Å²) in [4.78, 5) is 15.9. The van der Waals surface area contributed by atoms with Crippen LogP contribution in [0.2, 0.25) is 0 Å². The summed E-state index contributed by atoms with van der Waals surface area (Å²) in [7, 11) is 0.